The van der Waals surface area contributed by atoms with Crippen LogP contribution in [0.5, 0.6) is 0 Å². The fourth-order valence-electron chi connectivity index (χ4n) is 3.94. The Hall–Kier alpha value is -3.35. The Morgan fingerprint density at radius 3 is 2.89 bits per heavy atom. The molecule has 1 fully saturated rings. The van der Waals surface area contributed by atoms with Crippen LogP contribution in [0, 0.1) is 11.6 Å². The van der Waals surface area contributed by atoms with Crippen molar-refractivity contribution in [2.24, 2.45) is 0 Å². The van der Waals surface area contributed by atoms with Crippen molar-refractivity contribution in [2.45, 2.75) is 18.9 Å². The maximum Gasteiger partial charge on any atom is 0.129 e. The molecule has 1 aliphatic heterocycles. The standard InChI is InChI=1S/C21H17F2N5/c22-14-3-4-17(23)16(10-14)19-2-1-9-28(19)20-6-5-18-21(27-20)15(7-8-24-18)13-11-25-26-12-13/h3-8,10-12,19H,1-2,9H2,(H,25,26). The van der Waals surface area contributed by atoms with Crippen LogP contribution in [0.1, 0.15) is 24.4 Å². The summed E-state index contributed by atoms with van der Waals surface area (Å²) in [6, 6.07) is 9.10. The molecule has 1 aliphatic rings. The quantitative estimate of drug-likeness (QED) is 0.565. The first-order valence-corrected chi connectivity index (χ1v) is 9.17. The molecule has 0 bridgehead atoms. The highest BCUT2D eigenvalue weighted by Crippen LogP contribution is 2.37. The molecule has 1 aromatic carbocycles. The van der Waals surface area contributed by atoms with Gasteiger partial charge in [0.2, 0.25) is 0 Å². The molecule has 1 N–H and O–H groups in total. The Kier molecular flexibility index (Phi) is 4.00. The summed E-state index contributed by atoms with van der Waals surface area (Å²) in [6.07, 6.45) is 6.93. The Morgan fingerprint density at radius 1 is 1.11 bits per heavy atom. The van der Waals surface area contributed by atoms with Gasteiger partial charge in [-0.3, -0.25) is 10.1 Å². The van der Waals surface area contributed by atoms with Crippen LogP contribution in [0.15, 0.2) is 55.0 Å². The number of nitrogens with one attached hydrogen (secondary N) is 1. The lowest BCUT2D eigenvalue weighted by Crippen LogP contribution is -2.24. The summed E-state index contributed by atoms with van der Waals surface area (Å²) < 4.78 is 28.1. The lowest BCUT2D eigenvalue weighted by molar-refractivity contribution is 0.560. The number of anilines is 1. The maximum atomic E-state index is 14.4. The van der Waals surface area contributed by atoms with E-state index >= 15 is 0 Å². The first-order valence-electron chi connectivity index (χ1n) is 9.17. The van der Waals surface area contributed by atoms with Gasteiger partial charge in [-0.15, -0.1) is 0 Å². The number of pyridine rings is 2. The van der Waals surface area contributed by atoms with E-state index in [1.54, 1.807) is 12.4 Å². The molecular formula is C21H17F2N5. The monoisotopic (exact) mass is 377 g/mol. The molecule has 0 amide bonds. The number of benzene rings is 1. The van der Waals surface area contributed by atoms with Crippen LogP contribution in [-0.4, -0.2) is 26.7 Å². The van der Waals surface area contributed by atoms with Crippen LogP contribution in [-0.2, 0) is 0 Å². The molecule has 140 valence electrons. The lowest BCUT2D eigenvalue weighted by Gasteiger charge is -2.26. The van der Waals surface area contributed by atoms with Gasteiger partial charge >= 0.3 is 0 Å². The largest absolute Gasteiger partial charge is 0.349 e. The summed E-state index contributed by atoms with van der Waals surface area (Å²) in [5.41, 5.74) is 3.75. The van der Waals surface area contributed by atoms with E-state index in [0.717, 1.165) is 53.4 Å². The van der Waals surface area contributed by atoms with E-state index in [4.69, 9.17) is 4.98 Å². The average Bonchev–Trinajstić information content (AvgIpc) is 3.41. The molecular weight excluding hydrogens is 360 g/mol. The van der Waals surface area contributed by atoms with Crippen molar-refractivity contribution in [3.05, 3.63) is 72.2 Å². The zero-order valence-electron chi connectivity index (χ0n) is 14.9. The van der Waals surface area contributed by atoms with E-state index in [9.17, 15) is 8.78 Å². The number of H-pyrrole nitrogens is 1. The normalized spacial score (nSPS) is 16.8. The fourth-order valence-corrected chi connectivity index (χ4v) is 3.94. The number of aromatic amines is 1. The number of fused-ring (bicyclic) bond motifs is 1. The van der Waals surface area contributed by atoms with Gasteiger partial charge in [-0.2, -0.15) is 5.10 Å². The first-order chi connectivity index (χ1) is 13.7. The molecule has 1 saturated heterocycles. The molecule has 4 aromatic rings. The van der Waals surface area contributed by atoms with E-state index in [0.29, 0.717) is 5.56 Å². The summed E-state index contributed by atoms with van der Waals surface area (Å²) in [7, 11) is 0. The number of halogens is 2. The summed E-state index contributed by atoms with van der Waals surface area (Å²) >= 11 is 0. The molecule has 5 rings (SSSR count). The lowest BCUT2D eigenvalue weighted by atomic mass is 10.0. The van der Waals surface area contributed by atoms with E-state index in [2.05, 4.69) is 15.2 Å². The number of nitrogens with zero attached hydrogens (tertiary/aromatic N) is 4. The van der Waals surface area contributed by atoms with Gasteiger partial charge in [-0.1, -0.05) is 0 Å². The summed E-state index contributed by atoms with van der Waals surface area (Å²) in [4.78, 5) is 11.3. The molecule has 4 heterocycles. The topological polar surface area (TPSA) is 57.7 Å². The minimum atomic E-state index is -0.429. The van der Waals surface area contributed by atoms with Crippen molar-refractivity contribution >= 4 is 16.9 Å². The van der Waals surface area contributed by atoms with Crippen LogP contribution in [0.4, 0.5) is 14.6 Å². The summed E-state index contributed by atoms with van der Waals surface area (Å²) in [5, 5.41) is 6.83. The fraction of sp³-hybridized carbons (Fsp3) is 0.190. The van der Waals surface area contributed by atoms with Gasteiger partial charge in [0.15, 0.2) is 0 Å². The van der Waals surface area contributed by atoms with Gasteiger partial charge in [0.05, 0.1) is 23.3 Å². The minimum absolute atomic E-state index is 0.241. The molecule has 28 heavy (non-hydrogen) atoms. The van der Waals surface area contributed by atoms with E-state index < -0.39 is 5.82 Å². The smallest absolute Gasteiger partial charge is 0.129 e. The number of hydrogen-bond donors (Lipinski definition) is 1. The third-order valence-electron chi connectivity index (χ3n) is 5.24. The van der Waals surface area contributed by atoms with Crippen molar-refractivity contribution in [1.29, 1.82) is 0 Å². The third-order valence-corrected chi connectivity index (χ3v) is 5.24. The van der Waals surface area contributed by atoms with Crippen LogP contribution < -0.4 is 4.90 Å². The molecule has 7 heteroatoms. The minimum Gasteiger partial charge on any atom is -0.349 e. The van der Waals surface area contributed by atoms with Gasteiger partial charge in [0, 0.05) is 35.6 Å². The highest BCUT2D eigenvalue weighted by atomic mass is 19.1. The average molecular weight is 377 g/mol. The zero-order valence-corrected chi connectivity index (χ0v) is 14.9. The zero-order chi connectivity index (χ0) is 19.1. The van der Waals surface area contributed by atoms with E-state index in [1.165, 1.54) is 12.1 Å². The number of rotatable bonds is 3. The molecule has 1 unspecified atom stereocenters. The summed E-state index contributed by atoms with van der Waals surface area (Å²) in [5.74, 6) is -0.0857. The van der Waals surface area contributed by atoms with Crippen LogP contribution >= 0.6 is 0 Å². The number of aromatic nitrogens is 4. The SMILES string of the molecule is Fc1ccc(F)c(C2CCCN2c2ccc3nccc(-c4cn[nH]c4)c3n2)c1. The Bertz CT molecular complexity index is 1140. The van der Waals surface area contributed by atoms with Gasteiger partial charge < -0.3 is 4.90 Å². The second-order valence-corrected chi connectivity index (χ2v) is 6.90. The highest BCUT2D eigenvalue weighted by Gasteiger charge is 2.29. The Morgan fingerprint density at radius 2 is 2.04 bits per heavy atom. The Labute approximate surface area is 160 Å². The summed E-state index contributed by atoms with van der Waals surface area (Å²) in [6.45, 7) is 0.737. The molecule has 0 aliphatic carbocycles. The van der Waals surface area contributed by atoms with Gasteiger partial charge in [0.25, 0.3) is 0 Å². The van der Waals surface area contributed by atoms with Crippen molar-refractivity contribution in [1.82, 2.24) is 20.2 Å². The second kappa shape index (κ2) is 6.67. The van der Waals surface area contributed by atoms with Gasteiger partial charge in [0.1, 0.15) is 17.5 Å². The van der Waals surface area contributed by atoms with Crippen molar-refractivity contribution in [2.75, 3.05) is 11.4 Å². The van der Waals surface area contributed by atoms with Gasteiger partial charge in [-0.25, -0.2) is 13.8 Å². The molecule has 0 radical (unpaired) electrons. The molecule has 1 atom stereocenters. The second-order valence-electron chi connectivity index (χ2n) is 6.90. The molecule has 3 aromatic heterocycles. The van der Waals surface area contributed by atoms with Crippen molar-refractivity contribution in [3.8, 4) is 11.1 Å². The van der Waals surface area contributed by atoms with E-state index in [1.807, 2.05) is 29.3 Å². The highest BCUT2D eigenvalue weighted by molar-refractivity contribution is 5.91. The first kappa shape index (κ1) is 16.8. The van der Waals surface area contributed by atoms with Crippen molar-refractivity contribution in [3.63, 3.8) is 0 Å². The maximum absolute atomic E-state index is 14.4. The number of hydrogen-bond acceptors (Lipinski definition) is 4. The third kappa shape index (κ3) is 2.79. The van der Waals surface area contributed by atoms with Crippen LogP contribution in [0.25, 0.3) is 22.2 Å². The molecule has 0 saturated carbocycles. The Balaban J connectivity index is 1.60. The van der Waals surface area contributed by atoms with Crippen LogP contribution in [0.3, 0.4) is 0 Å². The molecule has 0 spiro atoms. The van der Waals surface area contributed by atoms with Crippen LogP contribution in [0.2, 0.25) is 0 Å². The van der Waals surface area contributed by atoms with Gasteiger partial charge in [-0.05, 0) is 49.2 Å². The van der Waals surface area contributed by atoms with Crippen molar-refractivity contribution < 1.29 is 8.78 Å². The van der Waals surface area contributed by atoms with E-state index in [-0.39, 0.29) is 11.9 Å². The predicted octanol–water partition coefficient (Wildman–Crippen LogP) is 4.64. The molecule has 5 nitrogen and oxygen atoms in total. The predicted molar refractivity (Wildman–Crippen MR) is 103 cm³/mol.